The molecule has 0 aliphatic rings. The fourth-order valence-electron chi connectivity index (χ4n) is 1.05. The molecule has 0 bridgehead atoms. The number of phenols is 1. The third-order valence-electron chi connectivity index (χ3n) is 1.90. The van der Waals surface area contributed by atoms with E-state index >= 15 is 0 Å². The fraction of sp³-hybridized carbons (Fsp3) is 0.154. The first-order valence-corrected chi connectivity index (χ1v) is 4.90. The van der Waals surface area contributed by atoms with E-state index in [0.29, 0.717) is 0 Å². The summed E-state index contributed by atoms with van der Waals surface area (Å²) in [6, 6.07) is 6.90. The maximum atomic E-state index is 9.11. The molecule has 2 nitrogen and oxygen atoms in total. The minimum atomic E-state index is 0.259. The predicted molar refractivity (Wildman–Crippen MR) is 65.1 cm³/mol. The van der Waals surface area contributed by atoms with Gasteiger partial charge in [-0.3, -0.25) is 4.99 Å². The second kappa shape index (κ2) is 5.81. The Kier molecular flexibility index (Phi) is 4.35. The molecule has 0 aliphatic carbocycles. The van der Waals surface area contributed by atoms with E-state index in [0.717, 1.165) is 17.6 Å². The van der Waals surface area contributed by atoms with Crippen LogP contribution in [0, 0.1) is 0 Å². The van der Waals surface area contributed by atoms with Gasteiger partial charge in [-0.05, 0) is 29.7 Å². The topological polar surface area (TPSA) is 32.6 Å². The third kappa shape index (κ3) is 3.81. The van der Waals surface area contributed by atoms with Crippen molar-refractivity contribution in [3.8, 4) is 5.75 Å². The summed E-state index contributed by atoms with van der Waals surface area (Å²) in [5.74, 6) is 0.259. The fourth-order valence-corrected chi connectivity index (χ4v) is 1.05. The molecule has 0 unspecified atom stereocenters. The van der Waals surface area contributed by atoms with E-state index in [1.54, 1.807) is 24.5 Å². The number of allylic oxidation sites excluding steroid dienone is 2. The lowest BCUT2D eigenvalue weighted by Crippen LogP contribution is -1.82. The molecule has 1 N–H and O–H groups in total. The van der Waals surface area contributed by atoms with Crippen molar-refractivity contribution in [1.82, 2.24) is 0 Å². The molecule has 2 heteroatoms. The van der Waals surface area contributed by atoms with Gasteiger partial charge in [-0.15, -0.1) is 0 Å². The molecule has 0 saturated heterocycles. The average molecular weight is 201 g/mol. The van der Waals surface area contributed by atoms with Gasteiger partial charge in [0.1, 0.15) is 5.75 Å². The van der Waals surface area contributed by atoms with Crippen LogP contribution in [0.3, 0.4) is 0 Å². The number of rotatable bonds is 4. The van der Waals surface area contributed by atoms with Gasteiger partial charge in [-0.2, -0.15) is 0 Å². The Morgan fingerprint density at radius 3 is 2.67 bits per heavy atom. The van der Waals surface area contributed by atoms with Crippen molar-refractivity contribution in [3.05, 3.63) is 48.7 Å². The number of aliphatic imine (C=N–C) groups is 1. The molecule has 0 heterocycles. The molecule has 0 amide bonds. The van der Waals surface area contributed by atoms with E-state index < -0.39 is 0 Å². The molecule has 1 aromatic rings. The molecule has 0 radical (unpaired) electrons. The van der Waals surface area contributed by atoms with Crippen molar-refractivity contribution in [2.45, 2.75) is 13.3 Å². The van der Waals surface area contributed by atoms with Gasteiger partial charge >= 0.3 is 0 Å². The Morgan fingerprint density at radius 1 is 1.40 bits per heavy atom. The average Bonchev–Trinajstić information content (AvgIpc) is 2.25. The molecule has 1 rings (SSSR count). The zero-order valence-electron chi connectivity index (χ0n) is 8.85. The van der Waals surface area contributed by atoms with E-state index in [4.69, 9.17) is 5.11 Å². The largest absolute Gasteiger partial charge is 0.508 e. The molecule has 0 aliphatic heterocycles. The first-order chi connectivity index (χ1) is 7.24. The van der Waals surface area contributed by atoms with Crippen molar-refractivity contribution in [3.63, 3.8) is 0 Å². The summed E-state index contributed by atoms with van der Waals surface area (Å²) in [5.41, 5.74) is 1.79. The smallest absolute Gasteiger partial charge is 0.115 e. The van der Waals surface area contributed by atoms with Gasteiger partial charge in [0.25, 0.3) is 0 Å². The van der Waals surface area contributed by atoms with Crippen molar-refractivity contribution in [2.24, 2.45) is 4.99 Å². The molecule has 78 valence electrons. The molecule has 0 saturated carbocycles. The number of aromatic hydroxyl groups is 1. The van der Waals surface area contributed by atoms with Crippen molar-refractivity contribution < 1.29 is 5.11 Å². The highest BCUT2D eigenvalue weighted by Gasteiger charge is 1.94. The van der Waals surface area contributed by atoms with E-state index in [1.807, 2.05) is 18.2 Å². The second-order valence-corrected chi connectivity index (χ2v) is 3.14. The molecule has 0 atom stereocenters. The summed E-state index contributed by atoms with van der Waals surface area (Å²) < 4.78 is 0. The summed E-state index contributed by atoms with van der Waals surface area (Å²) in [4.78, 5) is 4.09. The number of benzene rings is 1. The maximum Gasteiger partial charge on any atom is 0.115 e. The van der Waals surface area contributed by atoms with Crippen LogP contribution in [0.15, 0.2) is 48.1 Å². The van der Waals surface area contributed by atoms with Gasteiger partial charge in [0.05, 0.1) is 0 Å². The minimum Gasteiger partial charge on any atom is -0.508 e. The summed E-state index contributed by atoms with van der Waals surface area (Å²) in [7, 11) is 0. The summed E-state index contributed by atoms with van der Waals surface area (Å²) in [5, 5.41) is 9.11. The Hall–Kier alpha value is -1.83. The van der Waals surface area contributed by atoms with E-state index in [1.165, 1.54) is 0 Å². The lowest BCUT2D eigenvalue weighted by molar-refractivity contribution is 0.475. The monoisotopic (exact) mass is 201 g/mol. The van der Waals surface area contributed by atoms with E-state index in [9.17, 15) is 0 Å². The van der Waals surface area contributed by atoms with Crippen LogP contribution >= 0.6 is 0 Å². The van der Waals surface area contributed by atoms with Gasteiger partial charge in [0.15, 0.2) is 0 Å². The van der Waals surface area contributed by atoms with E-state index in [2.05, 4.69) is 18.5 Å². The van der Waals surface area contributed by atoms with Crippen molar-refractivity contribution >= 4 is 11.8 Å². The molecular weight excluding hydrogens is 186 g/mol. The van der Waals surface area contributed by atoms with Crippen LogP contribution in [-0.4, -0.2) is 11.3 Å². The molecular formula is C13H15NO. The highest BCUT2D eigenvalue weighted by molar-refractivity contribution is 6.08. The Labute approximate surface area is 90.3 Å². The van der Waals surface area contributed by atoms with Crippen LogP contribution in [0.5, 0.6) is 5.75 Å². The van der Waals surface area contributed by atoms with Gasteiger partial charge < -0.3 is 5.11 Å². The quantitative estimate of drug-likeness (QED) is 0.744. The third-order valence-corrected chi connectivity index (χ3v) is 1.90. The number of hydrogen-bond donors (Lipinski definition) is 1. The standard InChI is InChI=1S/C13H15NO/c1-3-4-9-14-10-11(2)12-5-7-13(15)8-6-12/h4-10,15H,2-3H2,1H3/b9-4-,14-10-. The van der Waals surface area contributed by atoms with Crippen LogP contribution in [0.1, 0.15) is 18.9 Å². The highest BCUT2D eigenvalue weighted by atomic mass is 16.3. The van der Waals surface area contributed by atoms with Crippen LogP contribution in [0.2, 0.25) is 0 Å². The number of nitrogens with zero attached hydrogens (tertiary/aromatic N) is 1. The van der Waals surface area contributed by atoms with Crippen LogP contribution in [-0.2, 0) is 0 Å². The van der Waals surface area contributed by atoms with E-state index in [-0.39, 0.29) is 5.75 Å². The maximum absolute atomic E-state index is 9.11. The summed E-state index contributed by atoms with van der Waals surface area (Å²) in [6.45, 7) is 5.94. The van der Waals surface area contributed by atoms with Crippen LogP contribution < -0.4 is 0 Å². The SMILES string of the molecule is C=C(/C=N\C=C/CC)c1ccc(O)cc1. The van der Waals surface area contributed by atoms with Gasteiger partial charge in [-0.25, -0.2) is 0 Å². The molecule has 0 aromatic heterocycles. The van der Waals surface area contributed by atoms with Gasteiger partial charge in [0, 0.05) is 12.4 Å². The van der Waals surface area contributed by atoms with Crippen LogP contribution in [0.25, 0.3) is 5.57 Å². The predicted octanol–water partition coefficient (Wildman–Crippen LogP) is 3.40. The minimum absolute atomic E-state index is 0.259. The van der Waals surface area contributed by atoms with Crippen molar-refractivity contribution in [1.29, 1.82) is 0 Å². The first-order valence-electron chi connectivity index (χ1n) is 4.90. The van der Waals surface area contributed by atoms with Crippen molar-refractivity contribution in [2.75, 3.05) is 0 Å². The molecule has 15 heavy (non-hydrogen) atoms. The van der Waals surface area contributed by atoms with Gasteiger partial charge in [0.2, 0.25) is 0 Å². The Bertz CT molecular complexity index is 374. The lowest BCUT2D eigenvalue weighted by atomic mass is 10.1. The summed E-state index contributed by atoms with van der Waals surface area (Å²) >= 11 is 0. The van der Waals surface area contributed by atoms with Gasteiger partial charge in [-0.1, -0.05) is 31.7 Å². The molecule has 0 spiro atoms. The molecule has 0 fully saturated rings. The zero-order chi connectivity index (χ0) is 11.1. The first kappa shape index (κ1) is 11.2. The summed E-state index contributed by atoms with van der Waals surface area (Å²) in [6.07, 6.45) is 6.41. The Morgan fingerprint density at radius 2 is 2.07 bits per heavy atom. The lowest BCUT2D eigenvalue weighted by Gasteiger charge is -1.98. The normalized spacial score (nSPS) is 11.3. The Balaban J connectivity index is 2.65. The number of hydrogen-bond acceptors (Lipinski definition) is 2. The van der Waals surface area contributed by atoms with Crippen LogP contribution in [0.4, 0.5) is 0 Å². The second-order valence-electron chi connectivity index (χ2n) is 3.14. The number of phenolic OH excluding ortho intramolecular Hbond substituents is 1. The highest BCUT2D eigenvalue weighted by Crippen LogP contribution is 2.14. The molecule has 1 aromatic carbocycles. The zero-order valence-corrected chi connectivity index (χ0v) is 8.85.